The highest BCUT2D eigenvalue weighted by Gasteiger charge is 2.13. The molecule has 8 nitrogen and oxygen atoms in total. The van der Waals surface area contributed by atoms with Gasteiger partial charge in [-0.05, 0) is 12.1 Å². The second-order valence-corrected chi connectivity index (χ2v) is 3.45. The third-order valence-electron chi connectivity index (χ3n) is 1.64. The Balaban J connectivity index is 0. The van der Waals surface area contributed by atoms with Crippen molar-refractivity contribution in [1.82, 2.24) is 0 Å². The van der Waals surface area contributed by atoms with Crippen molar-refractivity contribution in [2.75, 3.05) is 0 Å². The van der Waals surface area contributed by atoms with Gasteiger partial charge in [-0.1, -0.05) is 18.7 Å². The first-order valence-electron chi connectivity index (χ1n) is 5.66. The van der Waals surface area contributed by atoms with Crippen LogP contribution in [0.3, 0.4) is 0 Å². The van der Waals surface area contributed by atoms with E-state index in [4.69, 9.17) is 20.1 Å². The molecule has 0 atom stereocenters. The van der Waals surface area contributed by atoms with Gasteiger partial charge in [0.15, 0.2) is 0 Å². The molecule has 120 valence electrons. The fourth-order valence-electron chi connectivity index (χ4n) is 0.973. The molecule has 0 fully saturated rings. The summed E-state index contributed by atoms with van der Waals surface area (Å²) in [6.07, 6.45) is 1.10. The van der Waals surface area contributed by atoms with Crippen molar-refractivity contribution >= 4 is 23.9 Å². The molecule has 3 N–H and O–H groups in total. The highest BCUT2D eigenvalue weighted by atomic mass is 16.5. The Kier molecular flexibility index (Phi) is 11.2. The lowest BCUT2D eigenvalue weighted by Crippen LogP contribution is -2.06. The first kappa shape index (κ1) is 21.1. The Bertz CT molecular complexity index is 511. The monoisotopic (exact) mass is 312 g/mol. The van der Waals surface area contributed by atoms with Crippen molar-refractivity contribution in [3.05, 3.63) is 48.2 Å². The number of esters is 1. The zero-order valence-electron chi connectivity index (χ0n) is 12.0. The molecule has 0 spiro atoms. The largest absolute Gasteiger partial charge is 0.481 e. The number of aromatic carboxylic acids is 2. The number of ether oxygens (including phenoxy) is 1. The number of aliphatic carboxylic acids is 1. The number of hydrogen-bond donors (Lipinski definition) is 3. The zero-order chi connectivity index (χ0) is 17.7. The van der Waals surface area contributed by atoms with Gasteiger partial charge in [0.05, 0.1) is 17.4 Å². The molecule has 22 heavy (non-hydrogen) atoms. The predicted molar refractivity (Wildman–Crippen MR) is 75.6 cm³/mol. The smallest absolute Gasteiger partial charge is 0.336 e. The first-order chi connectivity index (χ1) is 10.1. The summed E-state index contributed by atoms with van der Waals surface area (Å²) in [5.74, 6) is -3.62. The van der Waals surface area contributed by atoms with E-state index in [-0.39, 0.29) is 17.1 Å². The van der Waals surface area contributed by atoms with Crippen LogP contribution in [0.4, 0.5) is 0 Å². The predicted octanol–water partition coefficient (Wildman–Crippen LogP) is 1.87. The number of hydrogen-bond acceptors (Lipinski definition) is 5. The lowest BCUT2D eigenvalue weighted by Gasteiger charge is -1.98. The van der Waals surface area contributed by atoms with E-state index in [1.165, 1.54) is 31.2 Å². The Morgan fingerprint density at radius 3 is 1.41 bits per heavy atom. The van der Waals surface area contributed by atoms with Gasteiger partial charge < -0.3 is 20.1 Å². The standard InChI is InChI=1S/C8H6O4.C4H6O2.C2H4O2/c9-7(10)5-3-1-2-4-6(5)8(11)12;1-3-6-4(2)5;1-2(3)4/h1-4H,(H,9,10)(H,11,12);3H,1H2,2H3;1H3,(H,3,4). The molecule has 1 rings (SSSR count). The van der Waals surface area contributed by atoms with Crippen molar-refractivity contribution in [2.45, 2.75) is 13.8 Å². The van der Waals surface area contributed by atoms with Crippen LogP contribution < -0.4 is 0 Å². The molecule has 8 heteroatoms. The average molecular weight is 312 g/mol. The number of carbonyl (C=O) groups is 4. The summed E-state index contributed by atoms with van der Waals surface area (Å²) in [7, 11) is 0. The van der Waals surface area contributed by atoms with Crippen molar-refractivity contribution in [2.24, 2.45) is 0 Å². The SMILES string of the molecule is C=COC(C)=O.CC(=O)O.O=C(O)c1ccccc1C(=O)O. The second-order valence-electron chi connectivity index (χ2n) is 3.45. The summed E-state index contributed by atoms with van der Waals surface area (Å²) >= 11 is 0. The lowest BCUT2D eigenvalue weighted by atomic mass is 10.1. The number of carboxylic acids is 3. The van der Waals surface area contributed by atoms with E-state index in [0.717, 1.165) is 13.2 Å². The minimum Gasteiger partial charge on any atom is -0.481 e. The topological polar surface area (TPSA) is 138 Å². The van der Waals surface area contributed by atoms with E-state index in [1.54, 1.807) is 0 Å². The van der Waals surface area contributed by atoms with Gasteiger partial charge in [-0.3, -0.25) is 9.59 Å². The van der Waals surface area contributed by atoms with Gasteiger partial charge in [0.1, 0.15) is 0 Å². The molecule has 0 aromatic heterocycles. The highest BCUT2D eigenvalue weighted by Crippen LogP contribution is 2.07. The number of carbonyl (C=O) groups excluding carboxylic acids is 1. The summed E-state index contributed by atoms with van der Waals surface area (Å²) in [4.78, 5) is 39.7. The molecule has 0 bridgehead atoms. The van der Waals surface area contributed by atoms with Gasteiger partial charge >= 0.3 is 17.9 Å². The minimum absolute atomic E-state index is 0.190. The maximum Gasteiger partial charge on any atom is 0.336 e. The average Bonchev–Trinajstić information content (AvgIpc) is 2.38. The van der Waals surface area contributed by atoms with Gasteiger partial charge in [-0.2, -0.15) is 0 Å². The Hall–Kier alpha value is -3.16. The van der Waals surface area contributed by atoms with Gasteiger partial charge in [0, 0.05) is 13.8 Å². The molecule has 1 aromatic rings. The molecule has 0 radical (unpaired) electrons. The second kappa shape index (κ2) is 11.6. The molecule has 0 aliphatic heterocycles. The quantitative estimate of drug-likeness (QED) is 0.568. The van der Waals surface area contributed by atoms with Crippen molar-refractivity contribution < 1.29 is 39.2 Å². The summed E-state index contributed by atoms with van der Waals surface area (Å²) in [6, 6.07) is 5.48. The summed E-state index contributed by atoms with van der Waals surface area (Å²) in [5.41, 5.74) is -0.380. The van der Waals surface area contributed by atoms with Crippen LogP contribution in [0.5, 0.6) is 0 Å². The van der Waals surface area contributed by atoms with E-state index in [2.05, 4.69) is 11.3 Å². The molecule has 0 unspecified atom stereocenters. The van der Waals surface area contributed by atoms with Crippen molar-refractivity contribution in [1.29, 1.82) is 0 Å². The van der Waals surface area contributed by atoms with Gasteiger partial charge in [-0.15, -0.1) is 0 Å². The molecule has 0 heterocycles. The number of benzene rings is 1. The number of carboxylic acid groups (broad SMARTS) is 3. The van der Waals surface area contributed by atoms with Crippen LogP contribution >= 0.6 is 0 Å². The Labute approximate surface area is 126 Å². The van der Waals surface area contributed by atoms with Crippen molar-refractivity contribution in [3.8, 4) is 0 Å². The van der Waals surface area contributed by atoms with Crippen LogP contribution in [0.25, 0.3) is 0 Å². The van der Waals surface area contributed by atoms with Crippen LogP contribution in [-0.2, 0) is 14.3 Å². The van der Waals surface area contributed by atoms with E-state index in [9.17, 15) is 14.4 Å². The molecule has 0 saturated carbocycles. The minimum atomic E-state index is -1.23. The summed E-state index contributed by atoms with van der Waals surface area (Å²) in [5, 5.41) is 24.5. The lowest BCUT2D eigenvalue weighted by molar-refractivity contribution is -0.136. The highest BCUT2D eigenvalue weighted by molar-refractivity contribution is 6.01. The maximum absolute atomic E-state index is 10.5. The molecule has 0 amide bonds. The van der Waals surface area contributed by atoms with Crippen LogP contribution in [-0.4, -0.2) is 39.2 Å². The Morgan fingerprint density at radius 2 is 1.27 bits per heavy atom. The van der Waals surface area contributed by atoms with Gasteiger partial charge in [0.2, 0.25) is 0 Å². The van der Waals surface area contributed by atoms with E-state index in [0.29, 0.717) is 0 Å². The molecular weight excluding hydrogens is 296 g/mol. The first-order valence-corrected chi connectivity index (χ1v) is 5.66. The van der Waals surface area contributed by atoms with Crippen LogP contribution in [0.2, 0.25) is 0 Å². The summed E-state index contributed by atoms with van der Waals surface area (Å²) < 4.78 is 4.17. The molecule has 0 aliphatic rings. The van der Waals surface area contributed by atoms with E-state index >= 15 is 0 Å². The van der Waals surface area contributed by atoms with Crippen LogP contribution in [0.1, 0.15) is 34.6 Å². The Morgan fingerprint density at radius 1 is 0.955 bits per heavy atom. The normalized spacial score (nSPS) is 8.09. The van der Waals surface area contributed by atoms with Gasteiger partial charge in [0.25, 0.3) is 5.97 Å². The molecule has 1 aromatic carbocycles. The molecular formula is C14H16O8. The summed E-state index contributed by atoms with van der Waals surface area (Å²) in [6.45, 7) is 5.56. The van der Waals surface area contributed by atoms with E-state index in [1.807, 2.05) is 0 Å². The molecule has 0 aliphatic carbocycles. The fraction of sp³-hybridized carbons (Fsp3) is 0.143. The fourth-order valence-corrected chi connectivity index (χ4v) is 0.973. The number of rotatable bonds is 3. The van der Waals surface area contributed by atoms with E-state index < -0.39 is 17.9 Å². The van der Waals surface area contributed by atoms with Crippen molar-refractivity contribution in [3.63, 3.8) is 0 Å². The molecule has 0 saturated heterocycles. The third kappa shape index (κ3) is 11.9. The van der Waals surface area contributed by atoms with Gasteiger partial charge in [-0.25, -0.2) is 9.59 Å². The maximum atomic E-state index is 10.5. The van der Waals surface area contributed by atoms with Crippen LogP contribution in [0, 0.1) is 0 Å². The van der Waals surface area contributed by atoms with Crippen LogP contribution in [0.15, 0.2) is 37.1 Å². The zero-order valence-corrected chi connectivity index (χ0v) is 12.0. The third-order valence-corrected chi connectivity index (χ3v) is 1.64.